The lowest BCUT2D eigenvalue weighted by molar-refractivity contribution is -0.127. The van der Waals surface area contributed by atoms with E-state index in [1.165, 1.54) is 36.8 Å². The van der Waals surface area contributed by atoms with Crippen molar-refractivity contribution in [3.8, 4) is 0 Å². The number of amides is 2. The average molecular weight is 328 g/mol. The summed E-state index contributed by atoms with van der Waals surface area (Å²) in [6.07, 6.45) is 7.42. The van der Waals surface area contributed by atoms with Gasteiger partial charge in [-0.25, -0.2) is 0 Å². The third-order valence-electron chi connectivity index (χ3n) is 5.50. The van der Waals surface area contributed by atoms with E-state index in [0.29, 0.717) is 19.0 Å². The molecule has 1 saturated heterocycles. The van der Waals surface area contributed by atoms with Crippen LogP contribution in [0, 0.1) is 19.8 Å². The summed E-state index contributed by atoms with van der Waals surface area (Å²) in [4.78, 5) is 26.7. The largest absolute Gasteiger partial charge is 0.353 e. The zero-order valence-corrected chi connectivity index (χ0v) is 14.8. The van der Waals surface area contributed by atoms with E-state index in [1.54, 1.807) is 4.90 Å². The maximum absolute atomic E-state index is 12.6. The quantitative estimate of drug-likeness (QED) is 0.864. The van der Waals surface area contributed by atoms with Crippen molar-refractivity contribution in [1.29, 1.82) is 0 Å². The zero-order valence-electron chi connectivity index (χ0n) is 14.8. The molecule has 2 amide bonds. The van der Waals surface area contributed by atoms with Gasteiger partial charge in [-0.3, -0.25) is 9.59 Å². The van der Waals surface area contributed by atoms with Crippen molar-refractivity contribution in [3.05, 3.63) is 29.3 Å². The van der Waals surface area contributed by atoms with E-state index < -0.39 is 0 Å². The molecule has 2 fully saturated rings. The minimum Gasteiger partial charge on any atom is -0.353 e. The molecule has 0 unspecified atom stereocenters. The van der Waals surface area contributed by atoms with Gasteiger partial charge in [-0.2, -0.15) is 0 Å². The highest BCUT2D eigenvalue weighted by atomic mass is 16.2. The van der Waals surface area contributed by atoms with E-state index in [1.807, 2.05) is 18.2 Å². The van der Waals surface area contributed by atoms with Gasteiger partial charge in [0, 0.05) is 24.7 Å². The molecule has 1 aromatic carbocycles. The Bertz CT molecular complexity index is 618. The number of nitrogens with one attached hydrogen (secondary N) is 1. The van der Waals surface area contributed by atoms with Crippen LogP contribution in [0.3, 0.4) is 0 Å². The molecule has 0 bridgehead atoms. The van der Waals surface area contributed by atoms with Gasteiger partial charge in [-0.1, -0.05) is 31.7 Å². The summed E-state index contributed by atoms with van der Waals surface area (Å²) in [6.45, 7) is 4.61. The van der Waals surface area contributed by atoms with Crippen LogP contribution in [0.15, 0.2) is 18.2 Å². The molecule has 1 heterocycles. The number of carbonyl (C=O) groups is 2. The second kappa shape index (κ2) is 7.37. The van der Waals surface area contributed by atoms with Gasteiger partial charge in [0.05, 0.1) is 5.92 Å². The van der Waals surface area contributed by atoms with Gasteiger partial charge in [0.1, 0.15) is 0 Å². The number of hydrogen-bond donors (Lipinski definition) is 1. The highest BCUT2D eigenvalue weighted by Gasteiger charge is 2.35. The van der Waals surface area contributed by atoms with Crippen molar-refractivity contribution >= 4 is 17.5 Å². The van der Waals surface area contributed by atoms with Crippen LogP contribution in [0.5, 0.6) is 0 Å². The second-order valence-corrected chi connectivity index (χ2v) is 7.37. The van der Waals surface area contributed by atoms with Crippen molar-refractivity contribution in [3.63, 3.8) is 0 Å². The molecule has 4 nitrogen and oxygen atoms in total. The topological polar surface area (TPSA) is 49.4 Å². The number of nitrogens with zero attached hydrogens (tertiary/aromatic N) is 1. The van der Waals surface area contributed by atoms with Crippen LogP contribution in [0.2, 0.25) is 0 Å². The van der Waals surface area contributed by atoms with Gasteiger partial charge in [0.25, 0.3) is 0 Å². The molecule has 0 spiro atoms. The number of rotatable bonds is 3. The van der Waals surface area contributed by atoms with Crippen LogP contribution in [-0.2, 0) is 9.59 Å². The van der Waals surface area contributed by atoms with Gasteiger partial charge >= 0.3 is 0 Å². The molecule has 1 saturated carbocycles. The molecule has 0 radical (unpaired) electrons. The van der Waals surface area contributed by atoms with Crippen molar-refractivity contribution in [2.75, 3.05) is 11.4 Å². The molecular weight excluding hydrogens is 300 g/mol. The van der Waals surface area contributed by atoms with Crippen LogP contribution in [0.4, 0.5) is 5.69 Å². The lowest BCUT2D eigenvalue weighted by Crippen LogP contribution is -2.39. The summed E-state index contributed by atoms with van der Waals surface area (Å²) in [5.74, 6) is -0.108. The molecule has 3 rings (SSSR count). The van der Waals surface area contributed by atoms with E-state index in [0.717, 1.165) is 18.5 Å². The first-order chi connectivity index (χ1) is 11.5. The number of benzene rings is 1. The molecule has 1 N–H and O–H groups in total. The van der Waals surface area contributed by atoms with Gasteiger partial charge < -0.3 is 10.2 Å². The monoisotopic (exact) mass is 328 g/mol. The Balaban J connectivity index is 1.63. The molecule has 1 atom stereocenters. The van der Waals surface area contributed by atoms with E-state index in [-0.39, 0.29) is 17.7 Å². The van der Waals surface area contributed by atoms with Gasteiger partial charge in [0.15, 0.2) is 0 Å². The Morgan fingerprint density at radius 3 is 2.46 bits per heavy atom. The van der Waals surface area contributed by atoms with Crippen molar-refractivity contribution < 1.29 is 9.59 Å². The van der Waals surface area contributed by atoms with Crippen molar-refractivity contribution in [2.24, 2.45) is 5.92 Å². The second-order valence-electron chi connectivity index (χ2n) is 7.37. The Labute approximate surface area is 144 Å². The Kier molecular flexibility index (Phi) is 5.22. The fourth-order valence-electron chi connectivity index (χ4n) is 3.77. The highest BCUT2D eigenvalue weighted by molar-refractivity contribution is 6.00. The molecule has 1 aliphatic carbocycles. The number of carbonyl (C=O) groups excluding carboxylic acids is 2. The molecule has 1 aliphatic heterocycles. The Morgan fingerprint density at radius 2 is 1.79 bits per heavy atom. The molecule has 2 aliphatic rings. The molecule has 130 valence electrons. The van der Waals surface area contributed by atoms with Crippen LogP contribution in [-0.4, -0.2) is 24.4 Å². The molecule has 4 heteroatoms. The SMILES string of the molecule is Cc1ccc(N2C[C@H](C(=O)NC3CCCCCC3)CC2=O)cc1C. The Hall–Kier alpha value is -1.84. The van der Waals surface area contributed by atoms with Crippen molar-refractivity contribution in [2.45, 2.75) is 64.8 Å². The fraction of sp³-hybridized carbons (Fsp3) is 0.600. The third-order valence-corrected chi connectivity index (χ3v) is 5.50. The average Bonchev–Trinajstić information content (AvgIpc) is 2.77. The number of anilines is 1. The van der Waals surface area contributed by atoms with Gasteiger partial charge in [-0.05, 0) is 49.9 Å². The van der Waals surface area contributed by atoms with Crippen LogP contribution in [0.1, 0.15) is 56.1 Å². The van der Waals surface area contributed by atoms with Gasteiger partial charge in [-0.15, -0.1) is 0 Å². The molecule has 24 heavy (non-hydrogen) atoms. The summed E-state index contributed by atoms with van der Waals surface area (Å²) in [5, 5.41) is 3.20. The third kappa shape index (κ3) is 3.80. The van der Waals surface area contributed by atoms with E-state index in [9.17, 15) is 9.59 Å². The van der Waals surface area contributed by atoms with E-state index >= 15 is 0 Å². The minimum absolute atomic E-state index is 0.0549. The smallest absolute Gasteiger partial charge is 0.227 e. The van der Waals surface area contributed by atoms with E-state index in [2.05, 4.69) is 19.2 Å². The minimum atomic E-state index is -0.220. The summed E-state index contributed by atoms with van der Waals surface area (Å²) < 4.78 is 0. The maximum Gasteiger partial charge on any atom is 0.227 e. The Morgan fingerprint density at radius 1 is 1.08 bits per heavy atom. The summed E-state index contributed by atoms with van der Waals surface area (Å²) in [7, 11) is 0. The first-order valence-corrected chi connectivity index (χ1v) is 9.22. The molecule has 1 aromatic rings. The van der Waals surface area contributed by atoms with Crippen LogP contribution in [0.25, 0.3) is 0 Å². The maximum atomic E-state index is 12.6. The predicted molar refractivity (Wildman–Crippen MR) is 96.0 cm³/mol. The van der Waals surface area contributed by atoms with E-state index in [4.69, 9.17) is 0 Å². The standard InChI is InChI=1S/C20H28N2O2/c1-14-9-10-18(11-15(14)2)22-13-16(12-19(22)23)20(24)21-17-7-5-3-4-6-8-17/h9-11,16-17H,3-8,12-13H2,1-2H3,(H,21,24)/t16-/m1/s1. The highest BCUT2D eigenvalue weighted by Crippen LogP contribution is 2.27. The lowest BCUT2D eigenvalue weighted by atomic mass is 10.0. The lowest BCUT2D eigenvalue weighted by Gasteiger charge is -2.20. The van der Waals surface area contributed by atoms with Crippen molar-refractivity contribution in [1.82, 2.24) is 5.32 Å². The summed E-state index contributed by atoms with van der Waals surface area (Å²) >= 11 is 0. The number of aryl methyl sites for hydroxylation is 2. The van der Waals surface area contributed by atoms with Crippen LogP contribution >= 0.6 is 0 Å². The van der Waals surface area contributed by atoms with Crippen LogP contribution < -0.4 is 10.2 Å². The molecular formula is C20H28N2O2. The fourth-order valence-corrected chi connectivity index (χ4v) is 3.77. The van der Waals surface area contributed by atoms with Gasteiger partial charge in [0.2, 0.25) is 11.8 Å². The first-order valence-electron chi connectivity index (χ1n) is 9.22. The molecule has 0 aromatic heterocycles. The normalized spacial score (nSPS) is 22.5. The number of hydrogen-bond acceptors (Lipinski definition) is 2. The first kappa shape index (κ1) is 17.0. The summed E-state index contributed by atoms with van der Waals surface area (Å²) in [6, 6.07) is 6.35. The summed E-state index contributed by atoms with van der Waals surface area (Å²) in [5.41, 5.74) is 3.30. The predicted octanol–water partition coefficient (Wildman–Crippen LogP) is 3.50. The zero-order chi connectivity index (χ0) is 17.1.